The molecule has 1 unspecified atom stereocenters. The second-order valence-electron chi connectivity index (χ2n) is 7.57. The van der Waals surface area contributed by atoms with E-state index in [0.717, 1.165) is 12.8 Å². The number of carbonyl (C=O) groups is 1. The largest absolute Gasteiger partial charge is 0.481 e. The summed E-state index contributed by atoms with van der Waals surface area (Å²) in [5, 5.41) is 9.15. The van der Waals surface area contributed by atoms with Crippen molar-refractivity contribution in [1.29, 1.82) is 0 Å². The Morgan fingerprint density at radius 2 is 1.04 bits per heavy atom. The van der Waals surface area contributed by atoms with Crippen molar-refractivity contribution in [1.82, 2.24) is 0 Å². The Balaban J connectivity index is 0. The molecule has 0 aromatic rings. The lowest BCUT2D eigenvalue weighted by Gasteiger charge is -2.15. The van der Waals surface area contributed by atoms with Gasteiger partial charge in [0.05, 0.1) is 5.92 Å². The third kappa shape index (κ3) is 16.3. The minimum absolute atomic E-state index is 0. The molecule has 0 radical (unpaired) electrons. The number of unbranched alkanes of at least 4 members (excludes halogenated alkanes) is 13. The van der Waals surface area contributed by atoms with Gasteiger partial charge in [-0.3, -0.25) is 4.79 Å². The van der Waals surface area contributed by atoms with Crippen LogP contribution in [0.1, 0.15) is 117 Å². The zero-order valence-corrected chi connectivity index (χ0v) is 16.6. The molecule has 0 aliphatic rings. The van der Waals surface area contributed by atoms with Gasteiger partial charge in [0, 0.05) is 0 Å². The van der Waals surface area contributed by atoms with Gasteiger partial charge in [0.1, 0.15) is 0 Å². The third-order valence-corrected chi connectivity index (χ3v) is 4.99. The molecule has 0 aliphatic heterocycles. The summed E-state index contributed by atoms with van der Waals surface area (Å²) in [6, 6.07) is 0. The van der Waals surface area contributed by atoms with E-state index in [1.165, 1.54) is 83.5 Å². The number of aliphatic carboxylic acids is 1. The van der Waals surface area contributed by atoms with E-state index in [1.807, 2.05) is 13.8 Å². The van der Waals surface area contributed by atoms with Gasteiger partial charge in [-0.2, -0.15) is 0 Å². The van der Waals surface area contributed by atoms with Crippen LogP contribution in [0.5, 0.6) is 0 Å². The minimum Gasteiger partial charge on any atom is -0.481 e. The number of carboxylic acid groups (broad SMARTS) is 1. The smallest absolute Gasteiger partial charge is 0.306 e. The Bertz CT molecular complexity index is 264. The number of carboxylic acids is 1. The van der Waals surface area contributed by atoms with Crippen molar-refractivity contribution in [2.45, 2.75) is 117 Å². The average molecular weight is 345 g/mol. The van der Waals surface area contributed by atoms with Crippen LogP contribution >= 0.6 is 0 Å². The molecule has 0 saturated heterocycles. The Kier molecular flexibility index (Phi) is 20.1. The summed E-state index contributed by atoms with van der Waals surface area (Å²) in [5.74, 6) is -0.503. The molecule has 0 rings (SSSR count). The fourth-order valence-electron chi connectivity index (χ4n) is 3.30. The van der Waals surface area contributed by atoms with E-state index in [2.05, 4.69) is 6.92 Å². The number of hydrogen-bond acceptors (Lipinski definition) is 1. The molecule has 146 valence electrons. The first kappa shape index (κ1) is 25.7. The number of rotatable bonds is 17. The molecule has 0 spiro atoms. The quantitative estimate of drug-likeness (QED) is 0.311. The normalized spacial score (nSPS) is 12.2. The van der Waals surface area contributed by atoms with Crippen LogP contribution in [-0.2, 0) is 4.79 Å². The molecule has 0 aliphatic carbocycles. The molecule has 3 N–H and O–H groups in total. The van der Waals surface area contributed by atoms with Gasteiger partial charge in [0.25, 0.3) is 0 Å². The van der Waals surface area contributed by atoms with Crippen molar-refractivity contribution in [3.63, 3.8) is 0 Å². The Hall–Kier alpha value is -0.570. The summed E-state index contributed by atoms with van der Waals surface area (Å²) in [4.78, 5) is 11.1. The molecule has 0 bridgehead atoms. The van der Waals surface area contributed by atoms with E-state index in [1.54, 1.807) is 0 Å². The molecule has 0 aromatic heterocycles. The molecular weight excluding hydrogens is 300 g/mol. The fourth-order valence-corrected chi connectivity index (χ4v) is 3.30. The summed E-state index contributed by atoms with van der Waals surface area (Å²) < 4.78 is 0. The molecule has 0 amide bonds. The first-order valence-corrected chi connectivity index (χ1v) is 10.3. The van der Waals surface area contributed by atoms with Crippen molar-refractivity contribution >= 4 is 5.97 Å². The zero-order chi connectivity index (χ0) is 17.3. The summed E-state index contributed by atoms with van der Waals surface area (Å²) in [5.41, 5.74) is 0. The van der Waals surface area contributed by atoms with Crippen LogP contribution in [0, 0.1) is 11.8 Å². The average Bonchev–Trinajstić information content (AvgIpc) is 2.50. The maximum Gasteiger partial charge on any atom is 0.306 e. The molecule has 1 atom stereocenters. The van der Waals surface area contributed by atoms with Crippen LogP contribution in [0.4, 0.5) is 0 Å². The summed E-state index contributed by atoms with van der Waals surface area (Å²) in [6.45, 7) is 6.31. The first-order chi connectivity index (χ1) is 11.1. The molecule has 0 aromatic carbocycles. The third-order valence-electron chi connectivity index (χ3n) is 4.99. The SMILES string of the molecule is CCCCCCCCCCCCCCCCC(C(=O)O)C(C)C.O. The van der Waals surface area contributed by atoms with Crippen molar-refractivity contribution < 1.29 is 15.4 Å². The zero-order valence-electron chi connectivity index (χ0n) is 16.6. The van der Waals surface area contributed by atoms with E-state index in [-0.39, 0.29) is 17.3 Å². The van der Waals surface area contributed by atoms with Gasteiger partial charge in [-0.25, -0.2) is 0 Å². The first-order valence-electron chi connectivity index (χ1n) is 10.3. The predicted octanol–water partition coefficient (Wildman–Crippen LogP) is 6.39. The summed E-state index contributed by atoms with van der Waals surface area (Å²) in [7, 11) is 0. The topological polar surface area (TPSA) is 68.8 Å². The molecule has 3 heteroatoms. The molecule has 0 heterocycles. The predicted molar refractivity (Wildman–Crippen MR) is 105 cm³/mol. The van der Waals surface area contributed by atoms with Crippen LogP contribution < -0.4 is 0 Å². The highest BCUT2D eigenvalue weighted by atomic mass is 16.4. The Morgan fingerprint density at radius 3 is 1.33 bits per heavy atom. The van der Waals surface area contributed by atoms with E-state index in [0.29, 0.717) is 0 Å². The molecule has 3 nitrogen and oxygen atoms in total. The number of hydrogen-bond donors (Lipinski definition) is 1. The molecule has 0 fully saturated rings. The second-order valence-corrected chi connectivity index (χ2v) is 7.57. The van der Waals surface area contributed by atoms with Gasteiger partial charge in [0.2, 0.25) is 0 Å². The van der Waals surface area contributed by atoms with Crippen molar-refractivity contribution in [3.05, 3.63) is 0 Å². The Morgan fingerprint density at radius 1 is 0.708 bits per heavy atom. The van der Waals surface area contributed by atoms with Crippen LogP contribution in [0.3, 0.4) is 0 Å². The monoisotopic (exact) mass is 344 g/mol. The highest BCUT2D eigenvalue weighted by Crippen LogP contribution is 2.20. The molecule has 24 heavy (non-hydrogen) atoms. The summed E-state index contributed by atoms with van der Waals surface area (Å²) >= 11 is 0. The van der Waals surface area contributed by atoms with Gasteiger partial charge in [-0.1, -0.05) is 111 Å². The van der Waals surface area contributed by atoms with Gasteiger partial charge in [-0.05, 0) is 12.3 Å². The maximum atomic E-state index is 11.1. The lowest BCUT2D eigenvalue weighted by atomic mass is 9.90. The van der Waals surface area contributed by atoms with Gasteiger partial charge in [0.15, 0.2) is 0 Å². The van der Waals surface area contributed by atoms with Crippen molar-refractivity contribution in [2.24, 2.45) is 11.8 Å². The van der Waals surface area contributed by atoms with Crippen LogP contribution in [0.15, 0.2) is 0 Å². The lowest BCUT2D eigenvalue weighted by Crippen LogP contribution is -2.19. The van der Waals surface area contributed by atoms with Crippen molar-refractivity contribution in [3.8, 4) is 0 Å². The highest BCUT2D eigenvalue weighted by molar-refractivity contribution is 5.70. The van der Waals surface area contributed by atoms with Gasteiger partial charge >= 0.3 is 5.97 Å². The van der Waals surface area contributed by atoms with Crippen molar-refractivity contribution in [2.75, 3.05) is 0 Å². The maximum absolute atomic E-state index is 11.1. The van der Waals surface area contributed by atoms with E-state index in [9.17, 15) is 4.79 Å². The standard InChI is InChI=1S/C21H42O2.H2O/c1-4-5-6-7-8-9-10-11-12-13-14-15-16-17-18-20(19(2)3)21(22)23;/h19-20H,4-18H2,1-3H3,(H,22,23);1H2. The van der Waals surface area contributed by atoms with E-state index >= 15 is 0 Å². The second kappa shape index (κ2) is 18.8. The van der Waals surface area contributed by atoms with Crippen LogP contribution in [0.2, 0.25) is 0 Å². The van der Waals surface area contributed by atoms with Crippen LogP contribution in [-0.4, -0.2) is 16.6 Å². The Labute approximate surface area is 150 Å². The summed E-state index contributed by atoms with van der Waals surface area (Å²) in [6.07, 6.45) is 19.8. The van der Waals surface area contributed by atoms with E-state index in [4.69, 9.17) is 5.11 Å². The highest BCUT2D eigenvalue weighted by Gasteiger charge is 2.20. The van der Waals surface area contributed by atoms with E-state index < -0.39 is 5.97 Å². The minimum atomic E-state index is -0.616. The van der Waals surface area contributed by atoms with Gasteiger partial charge < -0.3 is 10.6 Å². The van der Waals surface area contributed by atoms with Gasteiger partial charge in [-0.15, -0.1) is 0 Å². The van der Waals surface area contributed by atoms with Crippen LogP contribution in [0.25, 0.3) is 0 Å². The fraction of sp³-hybridized carbons (Fsp3) is 0.952. The molecular formula is C21H44O3. The lowest BCUT2D eigenvalue weighted by molar-refractivity contribution is -0.143. The molecule has 0 saturated carbocycles.